The van der Waals surface area contributed by atoms with Gasteiger partial charge in [0.25, 0.3) is 0 Å². The van der Waals surface area contributed by atoms with E-state index in [2.05, 4.69) is 0 Å². The number of likely N-dealkylation sites (tertiary alicyclic amines) is 1. The SMILES string of the molecule is CN(C)S(=O)(=O)CCN1CC(C#N)CC1=O. The van der Waals surface area contributed by atoms with Crippen LogP contribution in [0.15, 0.2) is 0 Å². The van der Waals surface area contributed by atoms with E-state index in [1.54, 1.807) is 0 Å². The van der Waals surface area contributed by atoms with Crippen molar-refractivity contribution in [2.75, 3.05) is 32.9 Å². The molecule has 1 atom stereocenters. The highest BCUT2D eigenvalue weighted by molar-refractivity contribution is 7.89. The van der Waals surface area contributed by atoms with Crippen LogP contribution in [0.4, 0.5) is 0 Å². The Morgan fingerprint density at radius 3 is 2.62 bits per heavy atom. The van der Waals surface area contributed by atoms with Crippen LogP contribution in [0.25, 0.3) is 0 Å². The number of nitrogens with zero attached hydrogens (tertiary/aromatic N) is 3. The summed E-state index contributed by atoms with van der Waals surface area (Å²) in [5, 5.41) is 8.66. The van der Waals surface area contributed by atoms with Gasteiger partial charge >= 0.3 is 0 Å². The molecule has 0 radical (unpaired) electrons. The van der Waals surface area contributed by atoms with Crippen LogP contribution >= 0.6 is 0 Å². The van der Waals surface area contributed by atoms with Gasteiger partial charge in [0.1, 0.15) is 0 Å². The number of hydrogen-bond acceptors (Lipinski definition) is 4. The van der Waals surface area contributed by atoms with E-state index < -0.39 is 10.0 Å². The van der Waals surface area contributed by atoms with Gasteiger partial charge in [-0.05, 0) is 0 Å². The zero-order chi connectivity index (χ0) is 12.3. The molecule has 1 aliphatic rings. The van der Waals surface area contributed by atoms with Gasteiger partial charge in [-0.15, -0.1) is 0 Å². The Bertz CT molecular complexity index is 410. The zero-order valence-corrected chi connectivity index (χ0v) is 10.2. The number of hydrogen-bond donors (Lipinski definition) is 0. The summed E-state index contributed by atoms with van der Waals surface area (Å²) in [6.45, 7) is 0.510. The summed E-state index contributed by atoms with van der Waals surface area (Å²) in [4.78, 5) is 12.8. The van der Waals surface area contributed by atoms with E-state index in [1.165, 1.54) is 19.0 Å². The van der Waals surface area contributed by atoms with Gasteiger partial charge in [0.05, 0.1) is 17.7 Å². The predicted molar refractivity (Wildman–Crippen MR) is 57.8 cm³/mol. The van der Waals surface area contributed by atoms with E-state index >= 15 is 0 Å². The molecule has 0 aromatic rings. The third kappa shape index (κ3) is 2.93. The Morgan fingerprint density at radius 2 is 2.19 bits per heavy atom. The molecule has 16 heavy (non-hydrogen) atoms. The predicted octanol–water partition coefficient (Wildman–Crippen LogP) is -0.750. The summed E-state index contributed by atoms with van der Waals surface area (Å²) < 4.78 is 24.1. The van der Waals surface area contributed by atoms with Crippen molar-refractivity contribution in [3.05, 3.63) is 0 Å². The number of carbonyl (C=O) groups excluding carboxylic acids is 1. The number of sulfonamides is 1. The van der Waals surface area contributed by atoms with Crippen molar-refractivity contribution in [2.45, 2.75) is 6.42 Å². The van der Waals surface area contributed by atoms with E-state index in [9.17, 15) is 13.2 Å². The second-order valence-electron chi connectivity index (χ2n) is 3.97. The highest BCUT2D eigenvalue weighted by atomic mass is 32.2. The first-order chi connectivity index (χ1) is 7.36. The molecule has 90 valence electrons. The Kier molecular flexibility index (Phi) is 3.88. The van der Waals surface area contributed by atoms with E-state index in [-0.39, 0.29) is 30.5 Å². The molecule has 7 heteroatoms. The summed E-state index contributed by atoms with van der Waals surface area (Å²) in [5.41, 5.74) is 0. The third-order valence-electron chi connectivity index (χ3n) is 2.57. The molecule has 1 rings (SSSR count). The Hall–Kier alpha value is -1.13. The monoisotopic (exact) mass is 245 g/mol. The minimum atomic E-state index is -3.28. The van der Waals surface area contributed by atoms with E-state index in [1.807, 2.05) is 6.07 Å². The van der Waals surface area contributed by atoms with Crippen molar-refractivity contribution in [1.29, 1.82) is 5.26 Å². The quantitative estimate of drug-likeness (QED) is 0.652. The van der Waals surface area contributed by atoms with Gasteiger partial charge in [-0.2, -0.15) is 5.26 Å². The second-order valence-corrected chi connectivity index (χ2v) is 6.27. The fourth-order valence-electron chi connectivity index (χ4n) is 1.48. The molecular weight excluding hydrogens is 230 g/mol. The standard InChI is InChI=1S/C9H15N3O3S/c1-11(2)16(14,15)4-3-12-7-8(6-10)5-9(12)13/h8H,3-5,7H2,1-2H3. The van der Waals surface area contributed by atoms with E-state index in [0.717, 1.165) is 4.31 Å². The van der Waals surface area contributed by atoms with Gasteiger partial charge < -0.3 is 4.90 Å². The maximum atomic E-state index is 11.5. The van der Waals surface area contributed by atoms with Crippen LogP contribution in [0.3, 0.4) is 0 Å². The maximum absolute atomic E-state index is 11.5. The molecule has 0 spiro atoms. The summed E-state index contributed by atoms with van der Waals surface area (Å²) in [5.74, 6) is -0.528. The molecule has 6 nitrogen and oxygen atoms in total. The maximum Gasteiger partial charge on any atom is 0.224 e. The lowest BCUT2D eigenvalue weighted by Crippen LogP contribution is -2.35. The fourth-order valence-corrected chi connectivity index (χ4v) is 2.30. The Balaban J connectivity index is 2.52. The Morgan fingerprint density at radius 1 is 1.56 bits per heavy atom. The molecule has 0 aromatic carbocycles. The van der Waals surface area contributed by atoms with E-state index in [4.69, 9.17) is 5.26 Å². The minimum Gasteiger partial charge on any atom is -0.340 e. The molecule has 0 bridgehead atoms. The first kappa shape index (κ1) is 12.9. The van der Waals surface area contributed by atoms with Crippen molar-refractivity contribution in [1.82, 2.24) is 9.21 Å². The van der Waals surface area contributed by atoms with Crippen LogP contribution < -0.4 is 0 Å². The van der Waals surface area contributed by atoms with Crippen LogP contribution in [0, 0.1) is 17.2 Å². The molecule has 1 aliphatic heterocycles. The number of nitriles is 1. The Labute approximate surface area is 95.5 Å². The van der Waals surface area contributed by atoms with E-state index in [0.29, 0.717) is 6.54 Å². The van der Waals surface area contributed by atoms with Crippen LogP contribution in [0.1, 0.15) is 6.42 Å². The van der Waals surface area contributed by atoms with Crippen molar-refractivity contribution < 1.29 is 13.2 Å². The molecule has 1 unspecified atom stereocenters. The summed E-state index contributed by atoms with van der Waals surface area (Å²) >= 11 is 0. The first-order valence-electron chi connectivity index (χ1n) is 4.94. The van der Waals surface area contributed by atoms with Crippen molar-refractivity contribution in [3.8, 4) is 6.07 Å². The molecule has 0 aromatic heterocycles. The van der Waals surface area contributed by atoms with Crippen LogP contribution in [-0.2, 0) is 14.8 Å². The molecule has 0 saturated carbocycles. The fraction of sp³-hybridized carbons (Fsp3) is 0.778. The van der Waals surface area contributed by atoms with Crippen LogP contribution in [-0.4, -0.2) is 56.5 Å². The lowest BCUT2D eigenvalue weighted by molar-refractivity contribution is -0.127. The van der Waals surface area contributed by atoms with Crippen molar-refractivity contribution in [2.24, 2.45) is 5.92 Å². The highest BCUT2D eigenvalue weighted by Crippen LogP contribution is 2.16. The highest BCUT2D eigenvalue weighted by Gasteiger charge is 2.30. The second kappa shape index (κ2) is 4.80. The van der Waals surface area contributed by atoms with Gasteiger partial charge in [0.15, 0.2) is 0 Å². The molecule has 1 amide bonds. The summed E-state index contributed by atoms with van der Waals surface area (Å²) in [6, 6.07) is 2.02. The van der Waals surface area contributed by atoms with Crippen molar-refractivity contribution >= 4 is 15.9 Å². The average Bonchev–Trinajstić information content (AvgIpc) is 2.56. The number of amides is 1. The molecule has 1 fully saturated rings. The number of rotatable bonds is 4. The first-order valence-corrected chi connectivity index (χ1v) is 6.55. The molecule has 1 heterocycles. The van der Waals surface area contributed by atoms with Crippen LogP contribution in [0.5, 0.6) is 0 Å². The topological polar surface area (TPSA) is 81.5 Å². The molecule has 0 N–H and O–H groups in total. The lowest BCUT2D eigenvalue weighted by Gasteiger charge is -2.17. The van der Waals surface area contributed by atoms with Gasteiger partial charge in [-0.3, -0.25) is 4.79 Å². The largest absolute Gasteiger partial charge is 0.340 e. The normalized spacial score (nSPS) is 21.5. The summed E-state index contributed by atoms with van der Waals surface area (Å²) in [6.07, 6.45) is 0.207. The summed E-state index contributed by atoms with van der Waals surface area (Å²) in [7, 11) is -0.362. The van der Waals surface area contributed by atoms with Gasteiger partial charge in [0, 0.05) is 33.6 Å². The molecular formula is C9H15N3O3S. The van der Waals surface area contributed by atoms with Gasteiger partial charge in [-0.25, -0.2) is 12.7 Å². The average molecular weight is 245 g/mol. The molecule has 1 saturated heterocycles. The smallest absolute Gasteiger partial charge is 0.224 e. The van der Waals surface area contributed by atoms with Crippen molar-refractivity contribution in [3.63, 3.8) is 0 Å². The number of carbonyl (C=O) groups is 1. The van der Waals surface area contributed by atoms with Gasteiger partial charge in [-0.1, -0.05) is 0 Å². The van der Waals surface area contributed by atoms with Gasteiger partial charge in [0.2, 0.25) is 15.9 Å². The third-order valence-corrected chi connectivity index (χ3v) is 4.38. The minimum absolute atomic E-state index is 0.0934. The lowest BCUT2D eigenvalue weighted by atomic mass is 10.1. The van der Waals surface area contributed by atoms with Crippen LogP contribution in [0.2, 0.25) is 0 Å². The zero-order valence-electron chi connectivity index (χ0n) is 9.38. The molecule has 0 aliphatic carbocycles.